The summed E-state index contributed by atoms with van der Waals surface area (Å²) in [5.41, 5.74) is 2.29. The minimum Gasteiger partial charge on any atom is -0.497 e. The second-order valence-electron chi connectivity index (χ2n) is 7.13. The zero-order valence-electron chi connectivity index (χ0n) is 16.2. The van der Waals surface area contributed by atoms with Gasteiger partial charge < -0.3 is 18.6 Å². The van der Waals surface area contributed by atoms with Gasteiger partial charge in [-0.05, 0) is 29.8 Å². The number of rotatable bonds is 6. The fourth-order valence-electron chi connectivity index (χ4n) is 3.54. The van der Waals surface area contributed by atoms with Gasteiger partial charge in [-0.15, -0.1) is 0 Å². The van der Waals surface area contributed by atoms with E-state index in [0.29, 0.717) is 48.4 Å². The van der Waals surface area contributed by atoms with Gasteiger partial charge in [0.1, 0.15) is 17.1 Å². The SMILES string of the molecule is COc1ccc(CN2CC(c3noc(-c4cc(-c5ccco5)n[nH]4)n3)CC2=O)cc1. The normalized spacial score (nSPS) is 16.4. The second kappa shape index (κ2) is 7.51. The third-order valence-corrected chi connectivity index (χ3v) is 5.14. The van der Waals surface area contributed by atoms with Crippen molar-refractivity contribution in [1.82, 2.24) is 25.2 Å². The van der Waals surface area contributed by atoms with Crippen molar-refractivity contribution in [3.05, 3.63) is 60.1 Å². The molecule has 3 aromatic heterocycles. The van der Waals surface area contributed by atoms with Crippen LogP contribution < -0.4 is 4.74 Å². The summed E-state index contributed by atoms with van der Waals surface area (Å²) < 4.78 is 15.9. The summed E-state index contributed by atoms with van der Waals surface area (Å²) >= 11 is 0. The van der Waals surface area contributed by atoms with Crippen molar-refractivity contribution in [2.24, 2.45) is 0 Å². The highest BCUT2D eigenvalue weighted by Gasteiger charge is 2.34. The molecule has 4 aromatic rings. The van der Waals surface area contributed by atoms with Crippen LogP contribution in [0.25, 0.3) is 23.0 Å². The number of H-pyrrole nitrogens is 1. The van der Waals surface area contributed by atoms with E-state index < -0.39 is 0 Å². The van der Waals surface area contributed by atoms with Gasteiger partial charge in [0.05, 0.1) is 13.4 Å². The van der Waals surface area contributed by atoms with Gasteiger partial charge in [-0.1, -0.05) is 17.3 Å². The fraction of sp³-hybridized carbons (Fsp3) is 0.238. The molecule has 30 heavy (non-hydrogen) atoms. The van der Waals surface area contributed by atoms with Crippen LogP contribution in [-0.4, -0.2) is 44.8 Å². The Morgan fingerprint density at radius 3 is 2.90 bits per heavy atom. The lowest BCUT2D eigenvalue weighted by molar-refractivity contribution is -0.128. The Kier molecular flexibility index (Phi) is 4.55. The summed E-state index contributed by atoms with van der Waals surface area (Å²) in [5, 5.41) is 11.2. The van der Waals surface area contributed by atoms with Crippen molar-refractivity contribution in [3.63, 3.8) is 0 Å². The molecular formula is C21H19N5O4. The fourth-order valence-corrected chi connectivity index (χ4v) is 3.54. The average Bonchev–Trinajstić information content (AvgIpc) is 3.55. The molecule has 0 saturated carbocycles. The van der Waals surface area contributed by atoms with Crippen LogP contribution in [-0.2, 0) is 11.3 Å². The lowest BCUT2D eigenvalue weighted by atomic mass is 10.1. The smallest absolute Gasteiger partial charge is 0.275 e. The average molecular weight is 405 g/mol. The highest BCUT2D eigenvalue weighted by atomic mass is 16.5. The van der Waals surface area contributed by atoms with E-state index in [-0.39, 0.29) is 11.8 Å². The van der Waals surface area contributed by atoms with Crippen LogP contribution in [0.15, 0.2) is 57.7 Å². The third-order valence-electron chi connectivity index (χ3n) is 5.14. The Bertz CT molecular complexity index is 1150. The van der Waals surface area contributed by atoms with Gasteiger partial charge in [-0.3, -0.25) is 9.89 Å². The Hall–Kier alpha value is -3.88. The van der Waals surface area contributed by atoms with E-state index in [4.69, 9.17) is 13.7 Å². The number of benzene rings is 1. The summed E-state index contributed by atoms with van der Waals surface area (Å²) in [6.45, 7) is 1.08. The highest BCUT2D eigenvalue weighted by Crippen LogP contribution is 2.30. The predicted molar refractivity (Wildman–Crippen MR) is 105 cm³/mol. The number of hydrogen-bond donors (Lipinski definition) is 1. The molecule has 9 nitrogen and oxygen atoms in total. The van der Waals surface area contributed by atoms with Crippen LogP contribution in [0.4, 0.5) is 0 Å². The molecule has 0 spiro atoms. The molecule has 0 aliphatic carbocycles. The van der Waals surface area contributed by atoms with Gasteiger partial charge >= 0.3 is 0 Å². The quantitative estimate of drug-likeness (QED) is 0.524. The molecule has 1 fully saturated rings. The molecule has 1 aliphatic heterocycles. The van der Waals surface area contributed by atoms with Gasteiger partial charge in [0, 0.05) is 31.5 Å². The molecule has 1 aliphatic rings. The van der Waals surface area contributed by atoms with E-state index in [1.165, 1.54) is 0 Å². The van der Waals surface area contributed by atoms with E-state index in [9.17, 15) is 4.79 Å². The lowest BCUT2D eigenvalue weighted by Crippen LogP contribution is -2.24. The van der Waals surface area contributed by atoms with Crippen molar-refractivity contribution in [3.8, 4) is 28.8 Å². The number of nitrogens with one attached hydrogen (secondary N) is 1. The maximum absolute atomic E-state index is 12.5. The van der Waals surface area contributed by atoms with Crippen molar-refractivity contribution < 1.29 is 18.5 Å². The first kappa shape index (κ1) is 18.2. The summed E-state index contributed by atoms with van der Waals surface area (Å²) in [7, 11) is 1.63. The van der Waals surface area contributed by atoms with Crippen LogP contribution in [0.3, 0.4) is 0 Å². The van der Waals surface area contributed by atoms with E-state index in [1.54, 1.807) is 25.5 Å². The number of likely N-dealkylation sites (tertiary alicyclic amines) is 1. The van der Waals surface area contributed by atoms with Crippen molar-refractivity contribution in [2.45, 2.75) is 18.9 Å². The number of carbonyl (C=O) groups is 1. The molecule has 1 aromatic carbocycles. The number of methoxy groups -OCH3 is 1. The first-order chi connectivity index (χ1) is 14.7. The Morgan fingerprint density at radius 2 is 2.13 bits per heavy atom. The van der Waals surface area contributed by atoms with Gasteiger partial charge in [0.15, 0.2) is 11.6 Å². The molecule has 1 atom stereocenters. The predicted octanol–water partition coefficient (Wildman–Crippen LogP) is 3.24. The molecule has 1 amide bonds. The topological polar surface area (TPSA) is 110 Å². The Morgan fingerprint density at radius 1 is 1.27 bits per heavy atom. The third kappa shape index (κ3) is 3.45. The molecular weight excluding hydrogens is 386 g/mol. The molecule has 9 heteroatoms. The summed E-state index contributed by atoms with van der Waals surface area (Å²) in [5.74, 6) is 2.25. The molecule has 5 rings (SSSR count). The maximum Gasteiger partial charge on any atom is 0.275 e. The number of nitrogens with zero attached hydrogens (tertiary/aromatic N) is 4. The van der Waals surface area contributed by atoms with Crippen LogP contribution in [0.2, 0.25) is 0 Å². The minimum atomic E-state index is -0.110. The van der Waals surface area contributed by atoms with Gasteiger partial charge in [0.2, 0.25) is 5.91 Å². The summed E-state index contributed by atoms with van der Waals surface area (Å²) in [6, 6.07) is 13.1. The molecule has 152 valence electrons. The number of aromatic amines is 1. The van der Waals surface area contributed by atoms with E-state index in [0.717, 1.165) is 11.3 Å². The van der Waals surface area contributed by atoms with Crippen LogP contribution in [0.5, 0.6) is 5.75 Å². The monoisotopic (exact) mass is 405 g/mol. The van der Waals surface area contributed by atoms with Crippen LogP contribution in [0, 0.1) is 0 Å². The maximum atomic E-state index is 12.5. The second-order valence-corrected chi connectivity index (χ2v) is 7.13. The number of carbonyl (C=O) groups excluding carboxylic acids is 1. The molecule has 0 radical (unpaired) electrons. The minimum absolute atomic E-state index is 0.0730. The molecule has 1 N–H and O–H groups in total. The number of furan rings is 1. The van der Waals surface area contributed by atoms with Crippen molar-refractivity contribution in [2.75, 3.05) is 13.7 Å². The van der Waals surface area contributed by atoms with Gasteiger partial charge in [0.25, 0.3) is 5.89 Å². The Balaban J connectivity index is 1.28. The first-order valence-corrected chi connectivity index (χ1v) is 9.53. The number of aromatic nitrogens is 4. The van der Waals surface area contributed by atoms with E-state index >= 15 is 0 Å². The lowest BCUT2D eigenvalue weighted by Gasteiger charge is -2.16. The number of ether oxygens (including phenoxy) is 1. The molecule has 1 saturated heterocycles. The van der Waals surface area contributed by atoms with E-state index in [2.05, 4.69) is 20.3 Å². The largest absolute Gasteiger partial charge is 0.497 e. The number of hydrogen-bond acceptors (Lipinski definition) is 7. The zero-order valence-corrected chi connectivity index (χ0v) is 16.2. The highest BCUT2D eigenvalue weighted by molar-refractivity contribution is 5.79. The zero-order chi connectivity index (χ0) is 20.5. The first-order valence-electron chi connectivity index (χ1n) is 9.53. The molecule has 4 heterocycles. The Labute approximate surface area is 171 Å². The van der Waals surface area contributed by atoms with Crippen molar-refractivity contribution in [1.29, 1.82) is 0 Å². The van der Waals surface area contributed by atoms with Crippen molar-refractivity contribution >= 4 is 5.91 Å². The summed E-state index contributed by atoms with van der Waals surface area (Å²) in [4.78, 5) is 18.8. The summed E-state index contributed by atoms with van der Waals surface area (Å²) in [6.07, 6.45) is 1.94. The van der Waals surface area contributed by atoms with Gasteiger partial charge in [-0.25, -0.2) is 0 Å². The van der Waals surface area contributed by atoms with Gasteiger partial charge in [-0.2, -0.15) is 10.1 Å². The standard InChI is InChI=1S/C21H19N5O4/c1-28-15-6-4-13(5-7-15)11-26-12-14(9-19(26)27)20-22-21(30-25-20)17-10-16(23-24-17)18-3-2-8-29-18/h2-8,10,14H,9,11-12H2,1H3,(H,23,24). The van der Waals surface area contributed by atoms with Crippen LogP contribution >= 0.6 is 0 Å². The number of amides is 1. The molecule has 1 unspecified atom stereocenters. The van der Waals surface area contributed by atoms with E-state index in [1.807, 2.05) is 35.2 Å². The molecule has 0 bridgehead atoms. The van der Waals surface area contributed by atoms with Crippen LogP contribution in [0.1, 0.15) is 23.7 Å².